The maximum atomic E-state index is 13.2. The molecule has 0 spiro atoms. The van der Waals surface area contributed by atoms with Crippen molar-refractivity contribution in [3.63, 3.8) is 0 Å². The third kappa shape index (κ3) is 8.50. The molecule has 3 atom stereocenters. The number of hydrogen-bond acceptors (Lipinski definition) is 6. The Labute approximate surface area is 214 Å². The van der Waals surface area contributed by atoms with E-state index in [4.69, 9.17) is 18.9 Å². The first-order chi connectivity index (χ1) is 17.3. The molecule has 7 nitrogen and oxygen atoms in total. The molecule has 0 saturated carbocycles. The zero-order valence-electron chi connectivity index (χ0n) is 21.6. The molecule has 1 aliphatic heterocycles. The van der Waals surface area contributed by atoms with Gasteiger partial charge in [-0.15, -0.1) is 0 Å². The lowest BCUT2D eigenvalue weighted by atomic mass is 10.1. The molecular formula is C29H37NO6. The van der Waals surface area contributed by atoms with E-state index in [1.165, 1.54) is 0 Å². The largest absolute Gasteiger partial charge is 0.466 e. The van der Waals surface area contributed by atoms with Gasteiger partial charge in [0.05, 0.1) is 38.9 Å². The Balaban J connectivity index is 1.75. The topological polar surface area (TPSA) is 74.3 Å². The number of esters is 1. The Morgan fingerprint density at radius 3 is 2.39 bits per heavy atom. The summed E-state index contributed by atoms with van der Waals surface area (Å²) in [6, 6.07) is 19.3. The Bertz CT molecular complexity index is 986. The maximum Gasteiger partial charge on any atom is 0.413 e. The maximum absolute atomic E-state index is 13.2. The first kappa shape index (κ1) is 27.4. The zero-order chi connectivity index (χ0) is 26.0. The number of amides is 1. The van der Waals surface area contributed by atoms with E-state index in [0.29, 0.717) is 26.4 Å². The van der Waals surface area contributed by atoms with Crippen molar-refractivity contribution in [1.29, 1.82) is 0 Å². The highest BCUT2D eigenvalue weighted by molar-refractivity contribution is 5.70. The second-order valence-electron chi connectivity index (χ2n) is 9.69. The van der Waals surface area contributed by atoms with Crippen LogP contribution < -0.4 is 0 Å². The predicted molar refractivity (Wildman–Crippen MR) is 137 cm³/mol. The lowest BCUT2D eigenvalue weighted by Crippen LogP contribution is -2.41. The van der Waals surface area contributed by atoms with Crippen LogP contribution in [-0.2, 0) is 30.3 Å². The number of ether oxygens (including phenoxy) is 4. The summed E-state index contributed by atoms with van der Waals surface area (Å²) in [6.07, 6.45) is 2.76. The molecule has 0 N–H and O–H groups in total. The molecule has 0 unspecified atom stereocenters. The molecule has 0 radical (unpaired) electrons. The van der Waals surface area contributed by atoms with E-state index in [9.17, 15) is 9.59 Å². The van der Waals surface area contributed by atoms with E-state index >= 15 is 0 Å². The van der Waals surface area contributed by atoms with Gasteiger partial charge in [0.1, 0.15) is 5.60 Å². The summed E-state index contributed by atoms with van der Waals surface area (Å²) in [5, 5.41) is 0. The summed E-state index contributed by atoms with van der Waals surface area (Å²) in [5.74, 6) is -0.540. The Kier molecular flexibility index (Phi) is 10.1. The zero-order valence-corrected chi connectivity index (χ0v) is 21.6. The quantitative estimate of drug-likeness (QED) is 0.313. The molecule has 0 aliphatic carbocycles. The molecular weight excluding hydrogens is 458 g/mol. The van der Waals surface area contributed by atoms with Gasteiger partial charge in [-0.05, 0) is 44.9 Å². The molecule has 194 valence electrons. The van der Waals surface area contributed by atoms with Crippen LogP contribution in [0.3, 0.4) is 0 Å². The van der Waals surface area contributed by atoms with Crippen LogP contribution in [0.2, 0.25) is 0 Å². The highest BCUT2D eigenvalue weighted by Gasteiger charge is 2.40. The van der Waals surface area contributed by atoms with Crippen LogP contribution in [0, 0.1) is 5.92 Å². The molecule has 2 aromatic carbocycles. The van der Waals surface area contributed by atoms with Crippen molar-refractivity contribution in [2.45, 2.75) is 58.6 Å². The van der Waals surface area contributed by atoms with Gasteiger partial charge < -0.3 is 18.9 Å². The molecule has 3 rings (SSSR count). The monoisotopic (exact) mass is 495 g/mol. The van der Waals surface area contributed by atoms with E-state index in [-0.39, 0.29) is 24.3 Å². The number of hydrogen-bond donors (Lipinski definition) is 0. The third-order valence-corrected chi connectivity index (χ3v) is 5.55. The highest BCUT2D eigenvalue weighted by atomic mass is 16.6. The van der Waals surface area contributed by atoms with E-state index < -0.39 is 17.9 Å². The SMILES string of the molecule is CCOC(=O)C[C@@H](C=C[C@H]1OC[C@@H](c2ccccc2)N1C(=O)OC(C)(C)C)COCc1ccccc1. The number of rotatable bonds is 10. The Morgan fingerprint density at radius 1 is 1.08 bits per heavy atom. The van der Waals surface area contributed by atoms with Crippen LogP contribution in [0.4, 0.5) is 4.79 Å². The molecule has 1 amide bonds. The minimum atomic E-state index is -0.646. The van der Waals surface area contributed by atoms with Gasteiger partial charge >= 0.3 is 12.1 Å². The molecule has 36 heavy (non-hydrogen) atoms. The molecule has 1 fully saturated rings. The van der Waals surface area contributed by atoms with Gasteiger partial charge in [-0.3, -0.25) is 9.69 Å². The second kappa shape index (κ2) is 13.2. The second-order valence-corrected chi connectivity index (χ2v) is 9.69. The molecule has 2 aromatic rings. The molecule has 1 saturated heterocycles. The van der Waals surface area contributed by atoms with Crippen molar-refractivity contribution < 1.29 is 28.5 Å². The van der Waals surface area contributed by atoms with E-state index in [0.717, 1.165) is 11.1 Å². The Morgan fingerprint density at radius 2 is 1.75 bits per heavy atom. The fraction of sp³-hybridized carbons (Fsp3) is 0.448. The van der Waals surface area contributed by atoms with Crippen molar-refractivity contribution in [2.75, 3.05) is 19.8 Å². The summed E-state index contributed by atoms with van der Waals surface area (Å²) in [6.45, 7) is 8.71. The Hall–Kier alpha value is -3.16. The van der Waals surface area contributed by atoms with Crippen LogP contribution in [0.5, 0.6) is 0 Å². The van der Waals surface area contributed by atoms with Gasteiger partial charge in [0.25, 0.3) is 0 Å². The molecule has 7 heteroatoms. The summed E-state index contributed by atoms with van der Waals surface area (Å²) in [4.78, 5) is 27.0. The number of carbonyl (C=O) groups excluding carboxylic acids is 2. The first-order valence-electron chi connectivity index (χ1n) is 12.4. The fourth-order valence-electron chi connectivity index (χ4n) is 3.92. The summed E-state index contributed by atoms with van der Waals surface area (Å²) >= 11 is 0. The van der Waals surface area contributed by atoms with Crippen molar-refractivity contribution in [1.82, 2.24) is 4.90 Å². The third-order valence-electron chi connectivity index (χ3n) is 5.55. The van der Waals surface area contributed by atoms with Crippen molar-refractivity contribution in [3.8, 4) is 0 Å². The van der Waals surface area contributed by atoms with Crippen LogP contribution >= 0.6 is 0 Å². The average molecular weight is 496 g/mol. The lowest BCUT2D eigenvalue weighted by Gasteiger charge is -2.30. The molecule has 1 aliphatic rings. The van der Waals surface area contributed by atoms with Gasteiger partial charge in [-0.2, -0.15) is 0 Å². The summed E-state index contributed by atoms with van der Waals surface area (Å²) < 4.78 is 22.8. The van der Waals surface area contributed by atoms with Crippen molar-refractivity contribution >= 4 is 12.1 Å². The number of carbonyl (C=O) groups is 2. The van der Waals surface area contributed by atoms with E-state index in [1.54, 1.807) is 11.8 Å². The summed E-state index contributed by atoms with van der Waals surface area (Å²) in [5.41, 5.74) is 1.37. The smallest absolute Gasteiger partial charge is 0.413 e. The van der Waals surface area contributed by atoms with Gasteiger partial charge in [0.2, 0.25) is 0 Å². The normalized spacial score (nSPS) is 18.8. The standard InChI is InChI=1S/C29H37NO6/c1-5-34-27(31)18-23(20-33-19-22-12-8-6-9-13-22)16-17-26-30(28(32)36-29(2,3)4)25(21-35-26)24-14-10-7-11-15-24/h6-17,23,25-26H,5,18-21H2,1-4H3/t23-,25+,26-/m1/s1. The van der Waals surface area contributed by atoms with Crippen LogP contribution in [0.25, 0.3) is 0 Å². The number of benzene rings is 2. The van der Waals surface area contributed by atoms with Crippen molar-refractivity contribution in [3.05, 3.63) is 83.9 Å². The van der Waals surface area contributed by atoms with Gasteiger partial charge in [-0.25, -0.2) is 4.79 Å². The minimum absolute atomic E-state index is 0.167. The number of nitrogens with zero attached hydrogens (tertiary/aromatic N) is 1. The van der Waals surface area contributed by atoms with Crippen LogP contribution in [-0.4, -0.2) is 48.6 Å². The van der Waals surface area contributed by atoms with Gasteiger partial charge in [-0.1, -0.05) is 66.7 Å². The minimum Gasteiger partial charge on any atom is -0.466 e. The van der Waals surface area contributed by atoms with Crippen LogP contribution in [0.15, 0.2) is 72.8 Å². The fourth-order valence-corrected chi connectivity index (χ4v) is 3.92. The molecule has 0 bridgehead atoms. The van der Waals surface area contributed by atoms with Crippen LogP contribution in [0.1, 0.15) is 51.3 Å². The molecule has 1 heterocycles. The molecule has 0 aromatic heterocycles. The van der Waals surface area contributed by atoms with Gasteiger partial charge in [0, 0.05) is 5.92 Å². The summed E-state index contributed by atoms with van der Waals surface area (Å²) in [7, 11) is 0. The van der Waals surface area contributed by atoms with Crippen molar-refractivity contribution in [2.24, 2.45) is 5.92 Å². The van der Waals surface area contributed by atoms with Gasteiger partial charge in [0.15, 0.2) is 6.23 Å². The average Bonchev–Trinajstić information content (AvgIpc) is 3.27. The predicted octanol–water partition coefficient (Wildman–Crippen LogP) is 5.66. The van der Waals surface area contributed by atoms with E-state index in [1.807, 2.05) is 93.6 Å². The lowest BCUT2D eigenvalue weighted by molar-refractivity contribution is -0.144. The first-order valence-corrected chi connectivity index (χ1v) is 12.4. The highest BCUT2D eigenvalue weighted by Crippen LogP contribution is 2.33. The van der Waals surface area contributed by atoms with E-state index in [2.05, 4.69) is 0 Å².